The summed E-state index contributed by atoms with van der Waals surface area (Å²) in [6.45, 7) is 0.227. The summed E-state index contributed by atoms with van der Waals surface area (Å²) in [6, 6.07) is 26.7. The van der Waals surface area contributed by atoms with Gasteiger partial charge < -0.3 is 9.84 Å². The molecule has 0 bridgehead atoms. The average Bonchev–Trinajstić information content (AvgIpc) is 2.86. The fraction of sp³-hybridized carbons (Fsp3) is 0.103. The van der Waals surface area contributed by atoms with Crippen molar-refractivity contribution in [2.24, 2.45) is 5.92 Å². The third kappa shape index (κ3) is 4.20. The van der Waals surface area contributed by atoms with Crippen LogP contribution in [0, 0.1) is 11.7 Å². The molecule has 0 aliphatic carbocycles. The van der Waals surface area contributed by atoms with Crippen molar-refractivity contribution in [3.8, 4) is 28.0 Å². The smallest absolute Gasteiger partial charge is 0.336 e. The van der Waals surface area contributed by atoms with Crippen LogP contribution in [0.3, 0.4) is 0 Å². The van der Waals surface area contributed by atoms with E-state index in [-0.39, 0.29) is 29.4 Å². The van der Waals surface area contributed by atoms with Gasteiger partial charge in [0.2, 0.25) is 0 Å². The van der Waals surface area contributed by atoms with Crippen molar-refractivity contribution in [2.75, 3.05) is 6.61 Å². The zero-order valence-corrected chi connectivity index (χ0v) is 18.2. The standard InChI is InChI=1S/C29H21FO4/c30-23-11-13-24(29(32)33)26(16-23)21-10-12-25-27(15-21)34-17-22(28(25)31)14-18-6-8-20(9-7-18)19-4-2-1-3-5-19/h1-13,15-16,22H,14,17H2,(H,32,33). The molecule has 5 rings (SSSR count). The average molecular weight is 452 g/mol. The topological polar surface area (TPSA) is 63.6 Å². The van der Waals surface area contributed by atoms with Crippen molar-refractivity contribution in [3.63, 3.8) is 0 Å². The molecule has 5 heteroatoms. The number of ketones is 1. The number of halogens is 1. The Labute approximate surface area is 196 Å². The molecule has 0 spiro atoms. The van der Waals surface area contributed by atoms with Crippen molar-refractivity contribution in [3.05, 3.63) is 114 Å². The zero-order chi connectivity index (χ0) is 23.7. The van der Waals surface area contributed by atoms with Crippen molar-refractivity contribution < 1.29 is 23.8 Å². The third-order valence-corrected chi connectivity index (χ3v) is 6.12. The Morgan fingerprint density at radius 3 is 2.29 bits per heavy atom. The first-order valence-electron chi connectivity index (χ1n) is 11.0. The molecule has 0 amide bonds. The summed E-state index contributed by atoms with van der Waals surface area (Å²) in [7, 11) is 0. The van der Waals surface area contributed by atoms with E-state index in [1.807, 2.05) is 30.3 Å². The molecule has 4 aromatic rings. The van der Waals surface area contributed by atoms with E-state index in [1.54, 1.807) is 18.2 Å². The quantitative estimate of drug-likeness (QED) is 0.386. The first-order valence-corrected chi connectivity index (χ1v) is 11.0. The van der Waals surface area contributed by atoms with Crippen LogP contribution in [0.1, 0.15) is 26.3 Å². The Balaban J connectivity index is 1.36. The lowest BCUT2D eigenvalue weighted by molar-refractivity contribution is 0.0697. The van der Waals surface area contributed by atoms with Gasteiger partial charge in [0.1, 0.15) is 11.6 Å². The molecule has 4 aromatic carbocycles. The molecular formula is C29H21FO4. The highest BCUT2D eigenvalue weighted by Crippen LogP contribution is 2.35. The van der Waals surface area contributed by atoms with Crippen LogP contribution in [0.25, 0.3) is 22.3 Å². The van der Waals surface area contributed by atoms with E-state index >= 15 is 0 Å². The van der Waals surface area contributed by atoms with Crippen LogP contribution in [0.2, 0.25) is 0 Å². The Kier molecular flexibility index (Phi) is 5.68. The van der Waals surface area contributed by atoms with Crippen molar-refractivity contribution in [2.45, 2.75) is 6.42 Å². The molecule has 4 nitrogen and oxygen atoms in total. The minimum absolute atomic E-state index is 0.0136. The predicted octanol–water partition coefficient (Wildman–Crippen LogP) is 6.29. The van der Waals surface area contributed by atoms with Gasteiger partial charge >= 0.3 is 5.97 Å². The zero-order valence-electron chi connectivity index (χ0n) is 18.2. The Hall–Kier alpha value is -4.25. The lowest BCUT2D eigenvalue weighted by Gasteiger charge is -2.25. The minimum atomic E-state index is -1.15. The maximum atomic E-state index is 13.8. The first-order chi connectivity index (χ1) is 16.5. The van der Waals surface area contributed by atoms with Crippen molar-refractivity contribution in [1.82, 2.24) is 0 Å². The molecule has 0 radical (unpaired) electrons. The SMILES string of the molecule is O=C(O)c1ccc(F)cc1-c1ccc2c(c1)OCC(Cc1ccc(-c3ccccc3)cc1)C2=O. The lowest BCUT2D eigenvalue weighted by Crippen LogP contribution is -2.29. The van der Waals surface area contributed by atoms with E-state index in [0.29, 0.717) is 23.3 Å². The summed E-state index contributed by atoms with van der Waals surface area (Å²) >= 11 is 0. The van der Waals surface area contributed by atoms with E-state index in [2.05, 4.69) is 24.3 Å². The summed E-state index contributed by atoms with van der Waals surface area (Å²) in [4.78, 5) is 24.7. The van der Waals surface area contributed by atoms with Gasteiger partial charge in [0, 0.05) is 0 Å². The van der Waals surface area contributed by atoms with Crippen LogP contribution in [0.15, 0.2) is 91.0 Å². The molecule has 0 aromatic heterocycles. The summed E-state index contributed by atoms with van der Waals surface area (Å²) in [6.07, 6.45) is 0.558. The van der Waals surface area contributed by atoms with Crippen molar-refractivity contribution in [1.29, 1.82) is 0 Å². The van der Waals surface area contributed by atoms with Gasteiger partial charge in [-0.1, -0.05) is 60.7 Å². The van der Waals surface area contributed by atoms with Gasteiger partial charge in [-0.3, -0.25) is 4.79 Å². The van der Waals surface area contributed by atoms with Crippen LogP contribution < -0.4 is 4.74 Å². The van der Waals surface area contributed by atoms with E-state index in [4.69, 9.17) is 4.74 Å². The summed E-state index contributed by atoms with van der Waals surface area (Å²) in [5, 5.41) is 9.45. The van der Waals surface area contributed by atoms with Crippen LogP contribution in [0.4, 0.5) is 4.39 Å². The number of aromatic carboxylic acids is 1. The summed E-state index contributed by atoms with van der Waals surface area (Å²) in [5.74, 6) is -1.63. The van der Waals surface area contributed by atoms with Gasteiger partial charge in [-0.25, -0.2) is 9.18 Å². The highest BCUT2D eigenvalue weighted by atomic mass is 19.1. The van der Waals surface area contributed by atoms with Crippen LogP contribution in [-0.2, 0) is 6.42 Å². The number of ether oxygens (including phenoxy) is 1. The molecule has 1 heterocycles. The minimum Gasteiger partial charge on any atom is -0.492 e. The van der Waals surface area contributed by atoms with Gasteiger partial charge in [0.15, 0.2) is 5.78 Å². The monoisotopic (exact) mass is 452 g/mol. The maximum Gasteiger partial charge on any atom is 0.336 e. The second-order valence-corrected chi connectivity index (χ2v) is 8.35. The van der Waals surface area contributed by atoms with Crippen LogP contribution >= 0.6 is 0 Å². The second kappa shape index (κ2) is 8.94. The fourth-order valence-electron chi connectivity index (χ4n) is 4.34. The number of benzene rings is 4. The molecule has 168 valence electrons. The Bertz CT molecular complexity index is 1380. The fourth-order valence-corrected chi connectivity index (χ4v) is 4.34. The number of hydrogen-bond donors (Lipinski definition) is 1. The molecule has 1 unspecified atom stereocenters. The number of carboxylic acid groups (broad SMARTS) is 1. The molecule has 1 aliphatic rings. The van der Waals surface area contributed by atoms with Crippen molar-refractivity contribution >= 4 is 11.8 Å². The van der Waals surface area contributed by atoms with E-state index in [0.717, 1.165) is 22.8 Å². The van der Waals surface area contributed by atoms with E-state index in [9.17, 15) is 19.1 Å². The maximum absolute atomic E-state index is 13.8. The van der Waals surface area contributed by atoms with Crippen LogP contribution in [0.5, 0.6) is 5.75 Å². The van der Waals surface area contributed by atoms with Crippen LogP contribution in [-0.4, -0.2) is 23.5 Å². The molecular weight excluding hydrogens is 431 g/mol. The number of Topliss-reactive ketones (excluding diaryl/α,β-unsaturated/α-hetero) is 1. The van der Waals surface area contributed by atoms with Gasteiger partial charge in [-0.2, -0.15) is 0 Å². The number of carbonyl (C=O) groups is 2. The van der Waals surface area contributed by atoms with Gasteiger partial charge in [-0.15, -0.1) is 0 Å². The number of carbonyl (C=O) groups excluding carboxylic acids is 1. The largest absolute Gasteiger partial charge is 0.492 e. The number of carboxylic acids is 1. The second-order valence-electron chi connectivity index (χ2n) is 8.35. The predicted molar refractivity (Wildman–Crippen MR) is 128 cm³/mol. The lowest BCUT2D eigenvalue weighted by atomic mass is 9.88. The van der Waals surface area contributed by atoms with Gasteiger partial charge in [0.05, 0.1) is 23.7 Å². The number of rotatable bonds is 5. The van der Waals surface area contributed by atoms with Gasteiger partial charge in [-0.05, 0) is 64.6 Å². The number of fused-ring (bicyclic) bond motifs is 1. The highest BCUT2D eigenvalue weighted by molar-refractivity contribution is 6.02. The van der Waals surface area contributed by atoms with E-state index < -0.39 is 11.8 Å². The first kappa shape index (κ1) is 21.6. The van der Waals surface area contributed by atoms with Gasteiger partial charge in [0.25, 0.3) is 0 Å². The highest BCUT2D eigenvalue weighted by Gasteiger charge is 2.29. The summed E-state index contributed by atoms with van der Waals surface area (Å²) < 4.78 is 19.7. The normalized spacial score (nSPS) is 14.9. The molecule has 0 saturated carbocycles. The number of hydrogen-bond acceptors (Lipinski definition) is 3. The molecule has 1 aliphatic heterocycles. The van der Waals surface area contributed by atoms with E-state index in [1.165, 1.54) is 12.1 Å². The third-order valence-electron chi connectivity index (χ3n) is 6.12. The molecule has 1 atom stereocenters. The molecule has 0 saturated heterocycles. The Morgan fingerprint density at radius 2 is 1.56 bits per heavy atom. The molecule has 34 heavy (non-hydrogen) atoms. The molecule has 1 N–H and O–H groups in total. The Morgan fingerprint density at radius 1 is 0.853 bits per heavy atom. The molecule has 0 fully saturated rings. The summed E-state index contributed by atoms with van der Waals surface area (Å²) in [5.41, 5.74) is 4.47.